The summed E-state index contributed by atoms with van der Waals surface area (Å²) in [6, 6.07) is 23.9. The minimum Gasteiger partial charge on any atom is -0.458 e. The Kier molecular flexibility index (Phi) is 8.65. The molecule has 3 atom stereocenters. The van der Waals surface area contributed by atoms with Crippen molar-refractivity contribution < 1.29 is 38.5 Å². The van der Waals surface area contributed by atoms with E-state index in [0.29, 0.717) is 0 Å². The summed E-state index contributed by atoms with van der Waals surface area (Å²) in [5, 5.41) is 10.3. The summed E-state index contributed by atoms with van der Waals surface area (Å²) in [7, 11) is 0. The molecule has 0 bridgehead atoms. The third-order valence-corrected chi connectivity index (χ3v) is 4.75. The minimum atomic E-state index is -1.85. The van der Waals surface area contributed by atoms with Crippen molar-refractivity contribution >= 4 is 24.2 Å². The zero-order valence-corrected chi connectivity index (χ0v) is 18.0. The Morgan fingerprint density at radius 1 is 0.676 bits per heavy atom. The third kappa shape index (κ3) is 6.60. The number of rotatable bonds is 10. The van der Waals surface area contributed by atoms with E-state index in [4.69, 9.17) is 14.2 Å². The molecule has 1 N–H and O–H groups in total. The van der Waals surface area contributed by atoms with Crippen molar-refractivity contribution in [2.24, 2.45) is 0 Å². The first-order chi connectivity index (χ1) is 16.5. The summed E-state index contributed by atoms with van der Waals surface area (Å²) in [4.78, 5) is 49.1. The van der Waals surface area contributed by atoms with E-state index >= 15 is 0 Å². The van der Waals surface area contributed by atoms with E-state index in [0.717, 1.165) is 0 Å². The Bertz CT molecular complexity index is 1100. The molecule has 174 valence electrons. The number of esters is 3. The molecule has 0 saturated carbocycles. The zero-order valence-electron chi connectivity index (χ0n) is 18.0. The van der Waals surface area contributed by atoms with Crippen LogP contribution in [0.1, 0.15) is 31.1 Å². The Hall–Kier alpha value is -4.30. The second kappa shape index (κ2) is 12.1. The van der Waals surface area contributed by atoms with Crippen LogP contribution < -0.4 is 0 Å². The summed E-state index contributed by atoms with van der Waals surface area (Å²) in [5.74, 6) is -2.41. The molecule has 0 fully saturated rings. The van der Waals surface area contributed by atoms with Gasteiger partial charge in [0.2, 0.25) is 0 Å². The van der Waals surface area contributed by atoms with Gasteiger partial charge >= 0.3 is 17.9 Å². The summed E-state index contributed by atoms with van der Waals surface area (Å²) < 4.78 is 16.0. The first-order valence-electron chi connectivity index (χ1n) is 10.4. The largest absolute Gasteiger partial charge is 0.458 e. The van der Waals surface area contributed by atoms with Crippen LogP contribution in [-0.4, -0.2) is 54.2 Å². The molecular formula is C26H22O8. The van der Waals surface area contributed by atoms with Gasteiger partial charge in [-0.2, -0.15) is 0 Å². The molecule has 0 amide bonds. The zero-order chi connectivity index (χ0) is 24.3. The molecular weight excluding hydrogens is 440 g/mol. The van der Waals surface area contributed by atoms with Gasteiger partial charge in [-0.25, -0.2) is 14.4 Å². The number of benzene rings is 3. The lowest BCUT2D eigenvalue weighted by atomic mass is 10.1. The van der Waals surface area contributed by atoms with Crippen LogP contribution in [0.25, 0.3) is 0 Å². The van der Waals surface area contributed by atoms with Gasteiger partial charge in [0.05, 0.1) is 16.7 Å². The van der Waals surface area contributed by atoms with Gasteiger partial charge in [0, 0.05) is 0 Å². The Labute approximate surface area is 195 Å². The highest BCUT2D eigenvalue weighted by atomic mass is 16.6. The molecule has 0 aliphatic rings. The van der Waals surface area contributed by atoms with Gasteiger partial charge < -0.3 is 24.1 Å². The summed E-state index contributed by atoms with van der Waals surface area (Å²) >= 11 is 0. The summed E-state index contributed by atoms with van der Waals surface area (Å²) in [5.41, 5.74) is 0.569. The van der Waals surface area contributed by atoms with Gasteiger partial charge in [-0.3, -0.25) is 0 Å². The lowest BCUT2D eigenvalue weighted by Gasteiger charge is -2.28. The van der Waals surface area contributed by atoms with Crippen LogP contribution >= 0.6 is 0 Å². The van der Waals surface area contributed by atoms with Crippen molar-refractivity contribution in [2.75, 3.05) is 6.61 Å². The fourth-order valence-corrected chi connectivity index (χ4v) is 3.00. The van der Waals surface area contributed by atoms with Gasteiger partial charge in [0.25, 0.3) is 0 Å². The monoisotopic (exact) mass is 462 g/mol. The van der Waals surface area contributed by atoms with Crippen LogP contribution in [0.5, 0.6) is 0 Å². The number of hydrogen-bond acceptors (Lipinski definition) is 8. The number of ether oxygens (including phenoxy) is 3. The number of aliphatic hydroxyl groups is 1. The maximum atomic E-state index is 12.7. The molecule has 0 unspecified atom stereocenters. The highest BCUT2D eigenvalue weighted by Crippen LogP contribution is 2.16. The molecule has 0 aliphatic carbocycles. The molecule has 8 nitrogen and oxygen atoms in total. The van der Waals surface area contributed by atoms with E-state index in [1.165, 1.54) is 36.4 Å². The van der Waals surface area contributed by atoms with Crippen LogP contribution in [0.3, 0.4) is 0 Å². The first kappa shape index (κ1) is 24.3. The number of carbonyl (C=O) groups excluding carboxylic acids is 4. The van der Waals surface area contributed by atoms with E-state index in [1.807, 2.05) is 0 Å². The molecule has 0 saturated heterocycles. The van der Waals surface area contributed by atoms with Crippen molar-refractivity contribution in [1.82, 2.24) is 0 Å². The number of carbonyl (C=O) groups is 4. The fraction of sp³-hybridized carbons (Fsp3) is 0.154. The summed E-state index contributed by atoms with van der Waals surface area (Å²) in [6.07, 6.45) is -4.82. The highest BCUT2D eigenvalue weighted by molar-refractivity contribution is 5.91. The molecule has 0 spiro atoms. The standard InChI is InChI=1S/C26H22O8/c27-16-21(28)23(34-26(31)20-14-8-3-9-15-20)22(33-25(30)19-12-6-2-7-13-19)17-32-24(29)18-10-4-1-5-11-18/h1-16,21-23,28H,17H2/t21-,22+,23-/m0/s1. The van der Waals surface area contributed by atoms with Crippen LogP contribution in [0.4, 0.5) is 0 Å². The smallest absolute Gasteiger partial charge is 0.338 e. The molecule has 8 heteroatoms. The molecule has 0 aromatic heterocycles. The van der Waals surface area contributed by atoms with Gasteiger partial charge in [-0.1, -0.05) is 54.6 Å². The number of aliphatic hydroxyl groups excluding tert-OH is 1. The van der Waals surface area contributed by atoms with Crippen molar-refractivity contribution in [2.45, 2.75) is 18.3 Å². The predicted octanol–water partition coefficient (Wildman–Crippen LogP) is 2.85. The normalized spacial score (nSPS) is 13.1. The molecule has 0 radical (unpaired) electrons. The Morgan fingerprint density at radius 3 is 1.53 bits per heavy atom. The van der Waals surface area contributed by atoms with Crippen molar-refractivity contribution in [3.8, 4) is 0 Å². The lowest BCUT2D eigenvalue weighted by Crippen LogP contribution is -2.47. The van der Waals surface area contributed by atoms with Crippen molar-refractivity contribution in [3.05, 3.63) is 108 Å². The van der Waals surface area contributed by atoms with Crippen LogP contribution in [-0.2, 0) is 19.0 Å². The van der Waals surface area contributed by atoms with E-state index in [9.17, 15) is 24.3 Å². The summed E-state index contributed by atoms with van der Waals surface area (Å²) in [6.45, 7) is -0.579. The minimum absolute atomic E-state index is 0.144. The molecule has 3 aromatic carbocycles. The number of hydrogen-bond donors (Lipinski definition) is 1. The number of aldehydes is 1. The third-order valence-electron chi connectivity index (χ3n) is 4.75. The van der Waals surface area contributed by atoms with Gasteiger partial charge in [-0.15, -0.1) is 0 Å². The van der Waals surface area contributed by atoms with Crippen molar-refractivity contribution in [3.63, 3.8) is 0 Å². The molecule has 0 heterocycles. The van der Waals surface area contributed by atoms with Crippen molar-refractivity contribution in [1.29, 1.82) is 0 Å². The fourth-order valence-electron chi connectivity index (χ4n) is 3.00. The van der Waals surface area contributed by atoms with Crippen LogP contribution in [0.15, 0.2) is 91.0 Å². The van der Waals surface area contributed by atoms with Gasteiger partial charge in [0.1, 0.15) is 12.7 Å². The topological polar surface area (TPSA) is 116 Å². The van der Waals surface area contributed by atoms with E-state index in [1.54, 1.807) is 54.6 Å². The van der Waals surface area contributed by atoms with Gasteiger partial charge in [0.15, 0.2) is 18.5 Å². The molecule has 3 rings (SSSR count). The SMILES string of the molecule is O=C[C@H](O)[C@H](OC(=O)c1ccccc1)[C@@H](COC(=O)c1ccccc1)OC(=O)c1ccccc1. The second-order valence-electron chi connectivity index (χ2n) is 7.14. The quantitative estimate of drug-likeness (QED) is 0.278. The Morgan fingerprint density at radius 2 is 1.09 bits per heavy atom. The molecule has 0 aliphatic heterocycles. The van der Waals surface area contributed by atoms with Crippen LogP contribution in [0, 0.1) is 0 Å². The average molecular weight is 462 g/mol. The van der Waals surface area contributed by atoms with E-state index < -0.39 is 42.8 Å². The molecule has 3 aromatic rings. The Balaban J connectivity index is 1.84. The highest BCUT2D eigenvalue weighted by Gasteiger charge is 2.36. The van der Waals surface area contributed by atoms with E-state index in [2.05, 4.69) is 0 Å². The second-order valence-corrected chi connectivity index (χ2v) is 7.14. The first-order valence-corrected chi connectivity index (χ1v) is 10.4. The van der Waals surface area contributed by atoms with E-state index in [-0.39, 0.29) is 23.0 Å². The van der Waals surface area contributed by atoms with Gasteiger partial charge in [-0.05, 0) is 36.4 Å². The maximum absolute atomic E-state index is 12.7. The maximum Gasteiger partial charge on any atom is 0.338 e. The predicted molar refractivity (Wildman–Crippen MR) is 120 cm³/mol. The molecule has 34 heavy (non-hydrogen) atoms. The van der Waals surface area contributed by atoms with Crippen LogP contribution in [0.2, 0.25) is 0 Å². The lowest BCUT2D eigenvalue weighted by molar-refractivity contribution is -0.130. The average Bonchev–Trinajstić information content (AvgIpc) is 2.90.